The molecule has 0 saturated heterocycles. The molecule has 0 aromatic heterocycles. The quantitative estimate of drug-likeness (QED) is 0.0281. The molecule has 0 aliphatic carbocycles. The molecule has 9 heteroatoms. The van der Waals surface area contributed by atoms with Crippen molar-refractivity contribution in [1.82, 2.24) is 0 Å². The highest BCUT2D eigenvalue weighted by Crippen LogP contribution is 2.42. The fourth-order valence-electron chi connectivity index (χ4n) is 6.37. The van der Waals surface area contributed by atoms with Crippen molar-refractivity contribution in [3.63, 3.8) is 0 Å². The molecule has 8 nitrogen and oxygen atoms in total. The molecule has 0 aromatic carbocycles. The van der Waals surface area contributed by atoms with Crippen LogP contribution in [0.1, 0.15) is 219 Å². The normalized spacial score (nSPS) is 13.6. The zero-order chi connectivity index (χ0) is 40.3. The minimum atomic E-state index is -4.27. The highest BCUT2D eigenvalue weighted by Gasteiger charge is 2.24. The third-order valence-electron chi connectivity index (χ3n) is 9.89. The summed E-state index contributed by atoms with van der Waals surface area (Å²) < 4.78 is 32.0. The van der Waals surface area contributed by atoms with Crippen LogP contribution in [0.3, 0.4) is 0 Å². The van der Waals surface area contributed by atoms with Crippen LogP contribution >= 0.6 is 7.82 Å². The second-order valence-electron chi connectivity index (χ2n) is 15.2. The van der Waals surface area contributed by atoms with E-state index in [0.29, 0.717) is 12.8 Å². The van der Waals surface area contributed by atoms with Gasteiger partial charge in [-0.1, -0.05) is 192 Å². The molecule has 0 aliphatic rings. The second kappa shape index (κ2) is 41.9. The van der Waals surface area contributed by atoms with Gasteiger partial charge < -0.3 is 14.4 Å². The molecule has 55 heavy (non-hydrogen) atoms. The summed E-state index contributed by atoms with van der Waals surface area (Å²) in [6.45, 7) is 3.87. The second-order valence-corrected chi connectivity index (χ2v) is 16.8. The predicted molar refractivity (Wildman–Crippen MR) is 230 cm³/mol. The van der Waals surface area contributed by atoms with Crippen LogP contribution in [0.25, 0.3) is 0 Å². The van der Waals surface area contributed by atoms with E-state index in [0.717, 1.165) is 64.9 Å². The maximum atomic E-state index is 12.5. The van der Waals surface area contributed by atoms with Gasteiger partial charge in [-0.05, 0) is 51.4 Å². The van der Waals surface area contributed by atoms with E-state index in [1.807, 2.05) is 0 Å². The Morgan fingerprint density at radius 1 is 0.509 bits per heavy atom. The molecular formula is C46H85O8P. The van der Waals surface area contributed by atoms with Gasteiger partial charge in [0, 0.05) is 20.0 Å². The number of ether oxygens (including phenoxy) is 2. The fourth-order valence-corrected chi connectivity index (χ4v) is 6.83. The third kappa shape index (κ3) is 41.7. The first kappa shape index (κ1) is 53.3. The van der Waals surface area contributed by atoms with E-state index in [4.69, 9.17) is 14.0 Å². The number of phosphoric acid groups is 1. The first-order valence-corrected chi connectivity index (χ1v) is 24.2. The number of rotatable bonds is 42. The number of esters is 2. The summed E-state index contributed by atoms with van der Waals surface area (Å²) in [4.78, 5) is 34.5. The van der Waals surface area contributed by atoms with Crippen LogP contribution in [0, 0.1) is 0 Å². The van der Waals surface area contributed by atoms with Gasteiger partial charge in [0.1, 0.15) is 6.61 Å². The largest absolute Gasteiger partial charge is 0.472 e. The summed E-state index contributed by atoms with van der Waals surface area (Å²) in [5.74, 6) is -0.810. The lowest BCUT2D eigenvalue weighted by Crippen LogP contribution is -2.29. The molecule has 0 radical (unpaired) electrons. The van der Waals surface area contributed by atoms with Crippen LogP contribution in [0.2, 0.25) is 0 Å². The first-order valence-electron chi connectivity index (χ1n) is 22.7. The van der Waals surface area contributed by atoms with Crippen molar-refractivity contribution in [2.24, 2.45) is 0 Å². The zero-order valence-electron chi connectivity index (χ0n) is 35.8. The summed E-state index contributed by atoms with van der Waals surface area (Å²) >= 11 is 0. The van der Waals surface area contributed by atoms with Gasteiger partial charge in [0.25, 0.3) is 0 Å². The smallest absolute Gasteiger partial charge is 0.462 e. The molecule has 0 aromatic rings. The van der Waals surface area contributed by atoms with E-state index in [-0.39, 0.29) is 19.0 Å². The third-order valence-corrected chi connectivity index (χ3v) is 10.8. The van der Waals surface area contributed by atoms with Gasteiger partial charge in [0.15, 0.2) is 6.10 Å². The lowest BCUT2D eigenvalue weighted by Gasteiger charge is -2.19. The van der Waals surface area contributed by atoms with E-state index in [1.165, 1.54) is 128 Å². The molecule has 0 fully saturated rings. The molecule has 0 aliphatic heterocycles. The standard InChI is InChI=1S/C46H85O8P/c1-4-6-8-10-12-14-16-18-20-22-23-25-27-29-31-33-35-37-39-41-46(48)54-44(43-53-55(49,50)51-3)42-52-45(47)40-38-36-34-32-30-28-26-24-21-19-17-15-13-11-9-7-5-2/h12,14,18,20,23,25,44H,4-11,13,15-17,19,21-22,24,26-43H2,1-3H3,(H,49,50)/b14-12-,20-18-,25-23-. The van der Waals surface area contributed by atoms with Crippen molar-refractivity contribution in [2.75, 3.05) is 20.3 Å². The van der Waals surface area contributed by atoms with Crippen LogP contribution in [0.15, 0.2) is 36.5 Å². The monoisotopic (exact) mass is 797 g/mol. The summed E-state index contributed by atoms with van der Waals surface area (Å²) in [5.41, 5.74) is 0. The molecule has 0 spiro atoms. The number of phosphoric ester groups is 1. The fraction of sp³-hybridized carbons (Fsp3) is 0.826. The zero-order valence-corrected chi connectivity index (χ0v) is 36.7. The maximum absolute atomic E-state index is 12.5. The van der Waals surface area contributed by atoms with Gasteiger partial charge in [0.05, 0.1) is 6.61 Å². The van der Waals surface area contributed by atoms with Gasteiger partial charge >= 0.3 is 19.8 Å². The number of allylic oxidation sites excluding steroid dienone is 6. The van der Waals surface area contributed by atoms with E-state index in [1.54, 1.807) is 0 Å². The molecular weight excluding hydrogens is 711 g/mol. The van der Waals surface area contributed by atoms with E-state index in [2.05, 4.69) is 54.8 Å². The average molecular weight is 797 g/mol. The SMILES string of the molecule is CCCCC/C=C\C/C=C\C/C=C\CCCCCCCCC(=O)OC(COC(=O)CCCCCCCCCCCCCCCCCCC)COP(=O)(O)OC. The minimum absolute atomic E-state index is 0.228. The molecule has 322 valence electrons. The Morgan fingerprint density at radius 3 is 1.33 bits per heavy atom. The van der Waals surface area contributed by atoms with Crippen LogP contribution in [-0.2, 0) is 32.7 Å². The van der Waals surface area contributed by atoms with Crippen LogP contribution in [0.4, 0.5) is 0 Å². The number of hydrogen-bond donors (Lipinski definition) is 1. The number of carbonyl (C=O) groups excluding carboxylic acids is 2. The summed E-state index contributed by atoms with van der Waals surface area (Å²) in [5, 5.41) is 0. The lowest BCUT2D eigenvalue weighted by atomic mass is 10.0. The van der Waals surface area contributed by atoms with Gasteiger partial charge in [-0.15, -0.1) is 0 Å². The Morgan fingerprint density at radius 2 is 0.873 bits per heavy atom. The molecule has 2 unspecified atom stereocenters. The van der Waals surface area contributed by atoms with E-state index >= 15 is 0 Å². The number of unbranched alkanes of at least 4 members (excludes halogenated alkanes) is 25. The molecule has 0 heterocycles. The summed E-state index contributed by atoms with van der Waals surface area (Å²) in [7, 11) is -3.20. The summed E-state index contributed by atoms with van der Waals surface area (Å²) in [6.07, 6.45) is 49.1. The molecule has 0 bridgehead atoms. The van der Waals surface area contributed by atoms with E-state index in [9.17, 15) is 19.0 Å². The van der Waals surface area contributed by atoms with Gasteiger partial charge in [-0.25, -0.2) is 4.57 Å². The minimum Gasteiger partial charge on any atom is -0.462 e. The van der Waals surface area contributed by atoms with Crippen LogP contribution in [-0.4, -0.2) is 43.3 Å². The van der Waals surface area contributed by atoms with Crippen molar-refractivity contribution in [3.8, 4) is 0 Å². The first-order chi connectivity index (χ1) is 26.8. The Labute approximate surface area is 338 Å². The van der Waals surface area contributed by atoms with Crippen molar-refractivity contribution in [1.29, 1.82) is 0 Å². The van der Waals surface area contributed by atoms with Crippen molar-refractivity contribution in [2.45, 2.75) is 225 Å². The van der Waals surface area contributed by atoms with Gasteiger partial charge in [0.2, 0.25) is 0 Å². The van der Waals surface area contributed by atoms with Crippen LogP contribution in [0.5, 0.6) is 0 Å². The Balaban J connectivity index is 3.98. The average Bonchev–Trinajstić information content (AvgIpc) is 3.18. The number of hydrogen-bond acceptors (Lipinski definition) is 7. The topological polar surface area (TPSA) is 108 Å². The van der Waals surface area contributed by atoms with Crippen LogP contribution < -0.4 is 0 Å². The Kier molecular flexibility index (Phi) is 40.6. The van der Waals surface area contributed by atoms with Crippen molar-refractivity contribution in [3.05, 3.63) is 36.5 Å². The highest BCUT2D eigenvalue weighted by molar-refractivity contribution is 7.47. The van der Waals surface area contributed by atoms with Gasteiger partial charge in [-0.2, -0.15) is 0 Å². The molecule has 2 atom stereocenters. The van der Waals surface area contributed by atoms with Crippen molar-refractivity contribution < 1.29 is 37.6 Å². The number of carbonyl (C=O) groups is 2. The summed E-state index contributed by atoms with van der Waals surface area (Å²) in [6, 6.07) is 0. The highest BCUT2D eigenvalue weighted by atomic mass is 31.2. The molecule has 0 rings (SSSR count). The van der Waals surface area contributed by atoms with E-state index < -0.39 is 26.5 Å². The van der Waals surface area contributed by atoms with Crippen molar-refractivity contribution >= 4 is 19.8 Å². The maximum Gasteiger partial charge on any atom is 0.472 e. The Bertz CT molecular complexity index is 994. The lowest BCUT2D eigenvalue weighted by molar-refractivity contribution is -0.161. The predicted octanol–water partition coefficient (Wildman–Crippen LogP) is 14.4. The molecule has 0 saturated carbocycles. The Hall–Kier alpha value is -1.73. The molecule has 0 amide bonds. The molecule has 1 N–H and O–H groups in total. The van der Waals surface area contributed by atoms with Gasteiger partial charge in [-0.3, -0.25) is 18.6 Å².